The predicted molar refractivity (Wildman–Crippen MR) is 73.6 cm³/mol. The highest BCUT2D eigenvalue weighted by Crippen LogP contribution is 2.49. The molecule has 2 N–H and O–H groups in total. The van der Waals surface area contributed by atoms with Gasteiger partial charge in [-0.15, -0.1) is 0 Å². The minimum Gasteiger partial charge on any atom is -0.493 e. The number of ether oxygens (including phenoxy) is 1. The third-order valence-corrected chi connectivity index (χ3v) is 3.84. The van der Waals surface area contributed by atoms with Crippen LogP contribution in [0.2, 0.25) is 0 Å². The molecular formula is C15H18F6O3. The molecule has 1 atom stereocenters. The van der Waals surface area contributed by atoms with Gasteiger partial charge < -0.3 is 14.9 Å². The monoisotopic (exact) mass is 360 g/mol. The van der Waals surface area contributed by atoms with Crippen molar-refractivity contribution in [1.29, 1.82) is 0 Å². The maximum Gasteiger partial charge on any atom is 0.456 e. The first-order valence-electron chi connectivity index (χ1n) is 6.84. The molecule has 0 aromatic heterocycles. The first-order valence-corrected chi connectivity index (χ1v) is 6.84. The minimum absolute atomic E-state index is 0.0187. The average molecular weight is 360 g/mol. The highest BCUT2D eigenvalue weighted by molar-refractivity contribution is 5.40. The zero-order chi connectivity index (χ0) is 19.0. The Morgan fingerprint density at radius 3 is 2.04 bits per heavy atom. The molecule has 1 aromatic carbocycles. The van der Waals surface area contributed by atoms with Gasteiger partial charge in [0.2, 0.25) is 0 Å². The number of aliphatic hydroxyl groups excluding tert-OH is 1. The number of halogens is 6. The van der Waals surface area contributed by atoms with Crippen molar-refractivity contribution in [1.82, 2.24) is 0 Å². The van der Waals surface area contributed by atoms with E-state index in [-0.39, 0.29) is 11.3 Å². The largest absolute Gasteiger partial charge is 0.493 e. The van der Waals surface area contributed by atoms with E-state index >= 15 is 0 Å². The fraction of sp³-hybridized carbons (Fsp3) is 0.600. The van der Waals surface area contributed by atoms with Crippen molar-refractivity contribution in [3.63, 3.8) is 0 Å². The van der Waals surface area contributed by atoms with Gasteiger partial charge in [0.15, 0.2) is 17.2 Å². The van der Waals surface area contributed by atoms with Gasteiger partial charge in [-0.1, -0.05) is 26.0 Å². The van der Waals surface area contributed by atoms with E-state index in [1.165, 1.54) is 26.0 Å². The summed E-state index contributed by atoms with van der Waals surface area (Å²) in [4.78, 5) is 0. The Kier molecular flexibility index (Phi) is 5.52. The summed E-state index contributed by atoms with van der Waals surface area (Å²) in [5.74, 6) is -6.73. The van der Waals surface area contributed by atoms with E-state index in [0.717, 1.165) is 13.2 Å². The Morgan fingerprint density at radius 2 is 1.62 bits per heavy atom. The summed E-state index contributed by atoms with van der Waals surface area (Å²) in [6, 6.07) is 3.54. The van der Waals surface area contributed by atoms with Crippen molar-refractivity contribution >= 4 is 0 Å². The second kappa shape index (κ2) is 6.44. The summed E-state index contributed by atoms with van der Waals surface area (Å²) >= 11 is 0. The molecular weight excluding hydrogens is 342 g/mol. The lowest BCUT2D eigenvalue weighted by Gasteiger charge is -2.41. The Bertz CT molecular complexity index is 585. The van der Waals surface area contributed by atoms with E-state index in [1.807, 2.05) is 0 Å². The van der Waals surface area contributed by atoms with E-state index in [4.69, 9.17) is 9.84 Å². The van der Waals surface area contributed by atoms with Crippen LogP contribution in [-0.2, 0) is 5.41 Å². The quantitative estimate of drug-likeness (QED) is 0.765. The third-order valence-electron chi connectivity index (χ3n) is 3.84. The van der Waals surface area contributed by atoms with E-state index in [1.54, 1.807) is 0 Å². The molecule has 3 nitrogen and oxygen atoms in total. The lowest BCUT2D eigenvalue weighted by molar-refractivity contribution is -0.350. The number of alkyl halides is 5. The topological polar surface area (TPSA) is 49.7 Å². The van der Waals surface area contributed by atoms with E-state index < -0.39 is 42.0 Å². The van der Waals surface area contributed by atoms with Gasteiger partial charge in [-0.25, -0.2) is 4.39 Å². The number of rotatable bonds is 6. The number of aliphatic hydroxyl groups is 2. The first kappa shape index (κ1) is 20.6. The molecule has 0 radical (unpaired) electrons. The molecule has 0 bridgehead atoms. The van der Waals surface area contributed by atoms with Crippen molar-refractivity contribution in [2.75, 3.05) is 13.7 Å². The van der Waals surface area contributed by atoms with Crippen LogP contribution >= 0.6 is 0 Å². The number of para-hydroxylation sites is 1. The highest BCUT2D eigenvalue weighted by atomic mass is 19.4. The smallest absolute Gasteiger partial charge is 0.456 e. The molecule has 0 saturated carbocycles. The van der Waals surface area contributed by atoms with E-state index in [0.29, 0.717) is 0 Å². The first-order chi connectivity index (χ1) is 10.7. The molecule has 1 unspecified atom stereocenters. The van der Waals surface area contributed by atoms with Gasteiger partial charge in [-0.05, 0) is 17.9 Å². The molecule has 0 aliphatic carbocycles. The van der Waals surface area contributed by atoms with E-state index in [9.17, 15) is 31.4 Å². The third kappa shape index (κ3) is 3.46. The zero-order valence-electron chi connectivity index (χ0n) is 13.2. The van der Waals surface area contributed by atoms with Crippen LogP contribution in [0.1, 0.15) is 25.8 Å². The zero-order valence-corrected chi connectivity index (χ0v) is 13.2. The van der Waals surface area contributed by atoms with Crippen LogP contribution in [0.5, 0.6) is 5.75 Å². The highest BCUT2D eigenvalue weighted by Gasteiger charge is 2.70. The standard InChI is InChI=1S/C15H18F6O3/c1-12(2,9-5-4-6-10(16)11(9)24-3)7-13(23,8-22)14(17,18)15(19,20)21/h4-6,22-23H,7-8H2,1-3H3. The van der Waals surface area contributed by atoms with Crippen LogP contribution in [0.15, 0.2) is 18.2 Å². The second-order valence-corrected chi connectivity index (χ2v) is 6.14. The van der Waals surface area contributed by atoms with Crippen LogP contribution in [0.3, 0.4) is 0 Å². The molecule has 0 aliphatic rings. The van der Waals surface area contributed by atoms with Crippen LogP contribution in [0, 0.1) is 5.82 Å². The van der Waals surface area contributed by atoms with Gasteiger partial charge in [0, 0.05) is 5.56 Å². The number of hydrogen-bond acceptors (Lipinski definition) is 3. The fourth-order valence-corrected chi connectivity index (χ4v) is 2.61. The van der Waals surface area contributed by atoms with Gasteiger partial charge in [0.1, 0.15) is 0 Å². The summed E-state index contributed by atoms with van der Waals surface area (Å²) < 4.78 is 83.7. The Morgan fingerprint density at radius 1 is 1.08 bits per heavy atom. The van der Waals surface area contributed by atoms with Crippen molar-refractivity contribution < 1.29 is 41.3 Å². The molecule has 138 valence electrons. The van der Waals surface area contributed by atoms with Crippen LogP contribution in [0.4, 0.5) is 26.3 Å². The molecule has 1 aromatic rings. The molecule has 0 spiro atoms. The number of benzene rings is 1. The average Bonchev–Trinajstić information content (AvgIpc) is 2.45. The molecule has 0 amide bonds. The second-order valence-electron chi connectivity index (χ2n) is 6.14. The molecule has 0 fully saturated rings. The predicted octanol–water partition coefficient (Wildman–Crippen LogP) is 3.42. The van der Waals surface area contributed by atoms with Gasteiger partial charge in [0.25, 0.3) is 0 Å². The molecule has 0 heterocycles. The summed E-state index contributed by atoms with van der Waals surface area (Å²) in [6.45, 7) is 0.634. The molecule has 9 heteroatoms. The van der Waals surface area contributed by atoms with Crippen molar-refractivity contribution in [3.8, 4) is 5.75 Å². The van der Waals surface area contributed by atoms with Crippen molar-refractivity contribution in [3.05, 3.63) is 29.6 Å². The Labute approximate surface area is 134 Å². The maximum atomic E-state index is 13.8. The maximum absolute atomic E-state index is 13.8. The Hall–Kier alpha value is -1.48. The number of methoxy groups -OCH3 is 1. The van der Waals surface area contributed by atoms with E-state index in [2.05, 4.69) is 0 Å². The van der Waals surface area contributed by atoms with Crippen molar-refractivity contribution in [2.45, 2.75) is 43.4 Å². The number of hydrogen-bond donors (Lipinski definition) is 2. The molecule has 1 rings (SSSR count). The molecule has 0 saturated heterocycles. The summed E-state index contributed by atoms with van der Waals surface area (Å²) in [6.07, 6.45) is -7.25. The van der Waals surface area contributed by atoms with Gasteiger partial charge >= 0.3 is 12.1 Å². The normalized spacial score (nSPS) is 16.0. The summed E-state index contributed by atoms with van der Waals surface area (Å²) in [5.41, 5.74) is -5.37. The summed E-state index contributed by atoms with van der Waals surface area (Å²) in [5, 5.41) is 18.9. The lowest BCUT2D eigenvalue weighted by Crippen LogP contribution is -2.61. The van der Waals surface area contributed by atoms with Crippen molar-refractivity contribution in [2.24, 2.45) is 0 Å². The Balaban J connectivity index is 3.37. The minimum atomic E-state index is -6.06. The summed E-state index contributed by atoms with van der Waals surface area (Å²) in [7, 11) is 1.11. The lowest BCUT2D eigenvalue weighted by atomic mass is 9.72. The van der Waals surface area contributed by atoms with Crippen LogP contribution in [0.25, 0.3) is 0 Å². The van der Waals surface area contributed by atoms with Gasteiger partial charge in [0.05, 0.1) is 13.7 Å². The SMILES string of the molecule is COc1c(F)cccc1C(C)(C)CC(O)(CO)C(F)(F)C(F)(F)F. The molecule has 24 heavy (non-hydrogen) atoms. The fourth-order valence-electron chi connectivity index (χ4n) is 2.61. The van der Waals surface area contributed by atoms with Gasteiger partial charge in [-0.3, -0.25) is 0 Å². The van der Waals surface area contributed by atoms with Crippen LogP contribution in [-0.4, -0.2) is 41.6 Å². The molecule has 0 aliphatic heterocycles. The van der Waals surface area contributed by atoms with Gasteiger partial charge in [-0.2, -0.15) is 22.0 Å². The van der Waals surface area contributed by atoms with Crippen LogP contribution < -0.4 is 4.74 Å².